The summed E-state index contributed by atoms with van der Waals surface area (Å²) in [6.45, 7) is 1.69. The van der Waals surface area contributed by atoms with Gasteiger partial charge in [-0.05, 0) is 29.3 Å². The molecule has 0 aliphatic rings. The minimum Gasteiger partial charge on any atom is -0.395 e. The van der Waals surface area contributed by atoms with Crippen LogP contribution < -0.4 is 5.32 Å². The molecule has 0 saturated heterocycles. The molecular weight excluding hydrogens is 314 g/mol. The van der Waals surface area contributed by atoms with E-state index < -0.39 is 0 Å². The standard InChI is InChI=1S/C17H20ClN3O2/c18-16-5-3-14(4-6-16)11-20-17(23)13-21(8-9-22)12-15-2-1-7-19-10-15/h1-7,10,22H,8-9,11-13H2,(H,20,23). The van der Waals surface area contributed by atoms with E-state index in [0.717, 1.165) is 11.1 Å². The van der Waals surface area contributed by atoms with Crippen LogP contribution in [0.15, 0.2) is 48.8 Å². The van der Waals surface area contributed by atoms with Gasteiger partial charge >= 0.3 is 0 Å². The van der Waals surface area contributed by atoms with Crippen molar-refractivity contribution < 1.29 is 9.90 Å². The minimum absolute atomic E-state index is 0.00469. The highest BCUT2D eigenvalue weighted by molar-refractivity contribution is 6.30. The van der Waals surface area contributed by atoms with E-state index >= 15 is 0 Å². The smallest absolute Gasteiger partial charge is 0.234 e. The third-order valence-electron chi connectivity index (χ3n) is 3.32. The van der Waals surface area contributed by atoms with Crippen molar-refractivity contribution >= 4 is 17.5 Å². The molecule has 6 heteroatoms. The molecule has 0 bridgehead atoms. The predicted molar refractivity (Wildman–Crippen MR) is 89.9 cm³/mol. The quantitative estimate of drug-likeness (QED) is 0.773. The molecule has 1 aromatic heterocycles. The summed E-state index contributed by atoms with van der Waals surface area (Å²) >= 11 is 5.83. The molecule has 1 heterocycles. The Morgan fingerprint density at radius 3 is 2.65 bits per heavy atom. The van der Waals surface area contributed by atoms with E-state index in [1.165, 1.54) is 0 Å². The third-order valence-corrected chi connectivity index (χ3v) is 3.57. The van der Waals surface area contributed by atoms with Gasteiger partial charge in [-0.3, -0.25) is 14.7 Å². The Hall–Kier alpha value is -1.95. The van der Waals surface area contributed by atoms with E-state index in [-0.39, 0.29) is 19.1 Å². The molecule has 23 heavy (non-hydrogen) atoms. The third kappa shape index (κ3) is 6.36. The van der Waals surface area contributed by atoms with Gasteiger partial charge in [0.1, 0.15) is 0 Å². The maximum absolute atomic E-state index is 12.1. The summed E-state index contributed by atoms with van der Waals surface area (Å²) in [6, 6.07) is 11.1. The summed E-state index contributed by atoms with van der Waals surface area (Å²) in [4.78, 5) is 18.0. The Morgan fingerprint density at radius 1 is 1.22 bits per heavy atom. The Labute approximate surface area is 140 Å². The van der Waals surface area contributed by atoms with Crippen LogP contribution in [0, 0.1) is 0 Å². The van der Waals surface area contributed by atoms with Crippen LogP contribution >= 0.6 is 11.6 Å². The summed E-state index contributed by atoms with van der Waals surface area (Å²) in [5.41, 5.74) is 2.00. The molecular formula is C17H20ClN3O2. The van der Waals surface area contributed by atoms with Crippen molar-refractivity contribution in [3.8, 4) is 0 Å². The average Bonchev–Trinajstić information content (AvgIpc) is 2.55. The van der Waals surface area contributed by atoms with Crippen LogP contribution in [0.25, 0.3) is 0 Å². The van der Waals surface area contributed by atoms with Crippen molar-refractivity contribution in [3.63, 3.8) is 0 Å². The zero-order chi connectivity index (χ0) is 16.5. The van der Waals surface area contributed by atoms with Gasteiger partial charge in [0, 0.05) is 37.1 Å². The predicted octanol–water partition coefficient (Wildman–Crippen LogP) is 1.85. The Kier molecular flexibility index (Phi) is 7.00. The lowest BCUT2D eigenvalue weighted by Gasteiger charge is -2.20. The number of aliphatic hydroxyl groups is 1. The number of aliphatic hydroxyl groups excluding tert-OH is 1. The Bertz CT molecular complexity index is 605. The highest BCUT2D eigenvalue weighted by Crippen LogP contribution is 2.09. The van der Waals surface area contributed by atoms with Crippen molar-refractivity contribution in [2.45, 2.75) is 13.1 Å². The number of hydrogen-bond acceptors (Lipinski definition) is 4. The fourth-order valence-corrected chi connectivity index (χ4v) is 2.29. The van der Waals surface area contributed by atoms with Gasteiger partial charge in [-0.2, -0.15) is 0 Å². The number of rotatable bonds is 8. The van der Waals surface area contributed by atoms with Gasteiger partial charge in [0.2, 0.25) is 5.91 Å². The normalized spacial score (nSPS) is 10.7. The number of halogens is 1. The van der Waals surface area contributed by atoms with Crippen molar-refractivity contribution in [2.24, 2.45) is 0 Å². The van der Waals surface area contributed by atoms with Crippen LogP contribution in [0.5, 0.6) is 0 Å². The number of carbonyl (C=O) groups excluding carboxylic acids is 1. The summed E-state index contributed by atoms with van der Waals surface area (Å²) in [5, 5.41) is 12.7. The number of benzene rings is 1. The summed E-state index contributed by atoms with van der Waals surface area (Å²) in [7, 11) is 0. The fourth-order valence-electron chi connectivity index (χ4n) is 2.17. The van der Waals surface area contributed by atoms with Crippen LogP contribution in [0.1, 0.15) is 11.1 Å². The number of hydrogen-bond donors (Lipinski definition) is 2. The first-order valence-corrected chi connectivity index (χ1v) is 7.78. The number of aromatic nitrogens is 1. The molecule has 0 atom stereocenters. The number of pyridine rings is 1. The van der Waals surface area contributed by atoms with Crippen molar-refractivity contribution in [3.05, 3.63) is 64.9 Å². The molecule has 0 radical (unpaired) electrons. The lowest BCUT2D eigenvalue weighted by Crippen LogP contribution is -2.38. The van der Waals surface area contributed by atoms with Crippen LogP contribution in [-0.4, -0.2) is 40.6 Å². The second kappa shape index (κ2) is 9.25. The molecule has 122 valence electrons. The van der Waals surface area contributed by atoms with Gasteiger partial charge < -0.3 is 10.4 Å². The summed E-state index contributed by atoms with van der Waals surface area (Å²) < 4.78 is 0. The van der Waals surface area contributed by atoms with Crippen LogP contribution in [-0.2, 0) is 17.9 Å². The maximum Gasteiger partial charge on any atom is 0.234 e. The molecule has 5 nitrogen and oxygen atoms in total. The zero-order valence-corrected chi connectivity index (χ0v) is 13.5. The maximum atomic E-state index is 12.1. The van der Waals surface area contributed by atoms with Crippen molar-refractivity contribution in [2.75, 3.05) is 19.7 Å². The molecule has 1 aromatic carbocycles. The SMILES string of the molecule is O=C(CN(CCO)Cc1cccnc1)NCc1ccc(Cl)cc1. The van der Waals surface area contributed by atoms with Gasteiger partial charge in [0.05, 0.1) is 13.2 Å². The monoisotopic (exact) mass is 333 g/mol. The first-order chi connectivity index (χ1) is 11.2. The van der Waals surface area contributed by atoms with Crippen molar-refractivity contribution in [1.82, 2.24) is 15.2 Å². The second-order valence-electron chi connectivity index (χ2n) is 5.20. The van der Waals surface area contributed by atoms with E-state index in [1.807, 2.05) is 29.2 Å². The fraction of sp³-hybridized carbons (Fsp3) is 0.294. The Morgan fingerprint density at radius 2 is 2.00 bits per heavy atom. The van der Waals surface area contributed by atoms with Crippen LogP contribution in [0.4, 0.5) is 0 Å². The van der Waals surface area contributed by atoms with Crippen LogP contribution in [0.3, 0.4) is 0 Å². The molecule has 0 saturated carbocycles. The van der Waals surface area contributed by atoms with Crippen LogP contribution in [0.2, 0.25) is 5.02 Å². The molecule has 2 rings (SSSR count). The highest BCUT2D eigenvalue weighted by atomic mass is 35.5. The van der Waals surface area contributed by atoms with Gasteiger partial charge in [0.15, 0.2) is 0 Å². The van der Waals surface area contributed by atoms with Crippen molar-refractivity contribution in [1.29, 1.82) is 0 Å². The van der Waals surface area contributed by atoms with E-state index in [1.54, 1.807) is 24.5 Å². The van der Waals surface area contributed by atoms with Gasteiger partial charge in [-0.25, -0.2) is 0 Å². The Balaban J connectivity index is 1.83. The number of nitrogens with zero attached hydrogens (tertiary/aromatic N) is 2. The molecule has 0 spiro atoms. The van der Waals surface area contributed by atoms with Gasteiger partial charge in [-0.15, -0.1) is 0 Å². The van der Waals surface area contributed by atoms with E-state index in [2.05, 4.69) is 10.3 Å². The van der Waals surface area contributed by atoms with E-state index in [4.69, 9.17) is 16.7 Å². The van der Waals surface area contributed by atoms with E-state index in [9.17, 15) is 4.79 Å². The first kappa shape index (κ1) is 17.4. The minimum atomic E-state index is -0.0858. The zero-order valence-electron chi connectivity index (χ0n) is 12.8. The number of nitrogens with one attached hydrogen (secondary N) is 1. The summed E-state index contributed by atoms with van der Waals surface area (Å²) in [5.74, 6) is -0.0858. The van der Waals surface area contributed by atoms with Gasteiger partial charge in [-0.1, -0.05) is 29.8 Å². The molecule has 1 amide bonds. The topological polar surface area (TPSA) is 65.5 Å². The molecule has 2 aromatic rings. The molecule has 0 unspecified atom stereocenters. The molecule has 0 aliphatic heterocycles. The first-order valence-electron chi connectivity index (χ1n) is 7.40. The highest BCUT2D eigenvalue weighted by Gasteiger charge is 2.11. The van der Waals surface area contributed by atoms with E-state index in [0.29, 0.717) is 24.7 Å². The van der Waals surface area contributed by atoms with Gasteiger partial charge in [0.25, 0.3) is 0 Å². The average molecular weight is 334 g/mol. The lowest BCUT2D eigenvalue weighted by atomic mass is 10.2. The molecule has 2 N–H and O–H groups in total. The lowest BCUT2D eigenvalue weighted by molar-refractivity contribution is -0.122. The second-order valence-corrected chi connectivity index (χ2v) is 5.64. The number of amides is 1. The largest absolute Gasteiger partial charge is 0.395 e. The molecule has 0 aliphatic carbocycles. The molecule has 0 fully saturated rings. The summed E-state index contributed by atoms with van der Waals surface area (Å²) in [6.07, 6.45) is 3.47. The number of carbonyl (C=O) groups is 1.